The normalized spacial score (nSPS) is 15.2. The fourth-order valence-corrected chi connectivity index (χ4v) is 4.44. The molecule has 0 fully saturated rings. The van der Waals surface area contributed by atoms with Gasteiger partial charge in [0.15, 0.2) is 0 Å². The van der Waals surface area contributed by atoms with Crippen LogP contribution >= 0.6 is 0 Å². The molecule has 4 aromatic rings. The van der Waals surface area contributed by atoms with Gasteiger partial charge in [-0.25, -0.2) is 0 Å². The average Bonchev–Trinajstić information content (AvgIpc) is 3.19. The van der Waals surface area contributed by atoms with Gasteiger partial charge in [0, 0.05) is 41.9 Å². The van der Waals surface area contributed by atoms with Crippen LogP contribution in [-0.4, -0.2) is 29.2 Å². The van der Waals surface area contributed by atoms with Gasteiger partial charge in [-0.1, -0.05) is 32.0 Å². The molecule has 0 saturated heterocycles. The largest absolute Gasteiger partial charge is 0.492 e. The third-order valence-corrected chi connectivity index (χ3v) is 6.21. The van der Waals surface area contributed by atoms with Gasteiger partial charge in [0.25, 0.3) is 0 Å². The van der Waals surface area contributed by atoms with E-state index in [1.54, 1.807) is 0 Å². The maximum Gasteiger partial charge on any atom is 0.120 e. The number of aromatic nitrogens is 2. The third kappa shape index (κ3) is 3.43. The van der Waals surface area contributed by atoms with E-state index < -0.39 is 0 Å². The van der Waals surface area contributed by atoms with Crippen molar-refractivity contribution in [3.8, 4) is 11.4 Å². The van der Waals surface area contributed by atoms with Gasteiger partial charge in [-0.15, -0.1) is 0 Å². The van der Waals surface area contributed by atoms with Crippen LogP contribution in [0.5, 0.6) is 5.75 Å². The van der Waals surface area contributed by atoms with E-state index in [1.165, 1.54) is 28.6 Å². The zero-order valence-electron chi connectivity index (χ0n) is 17.6. The Morgan fingerprint density at radius 1 is 1.00 bits per heavy atom. The van der Waals surface area contributed by atoms with E-state index in [1.807, 2.05) is 24.5 Å². The highest BCUT2D eigenvalue weighted by Crippen LogP contribution is 2.39. The maximum atomic E-state index is 6.14. The second-order valence-corrected chi connectivity index (χ2v) is 8.60. The van der Waals surface area contributed by atoms with Crippen molar-refractivity contribution in [2.45, 2.75) is 25.7 Å². The molecule has 152 valence electrons. The minimum Gasteiger partial charge on any atom is -0.492 e. The van der Waals surface area contributed by atoms with Gasteiger partial charge in [-0.2, -0.15) is 0 Å². The molecule has 0 spiro atoms. The van der Waals surface area contributed by atoms with Crippen LogP contribution in [0.1, 0.15) is 25.8 Å². The molecule has 2 aromatic carbocycles. The number of nitrogens with zero attached hydrogens (tertiary/aromatic N) is 3. The first-order valence-electron chi connectivity index (χ1n) is 10.6. The smallest absolute Gasteiger partial charge is 0.120 e. The molecule has 0 saturated carbocycles. The first kappa shape index (κ1) is 18.7. The predicted octanol–water partition coefficient (Wildman–Crippen LogP) is 5.59. The highest BCUT2D eigenvalue weighted by molar-refractivity contribution is 5.83. The third-order valence-electron chi connectivity index (χ3n) is 6.21. The Morgan fingerprint density at radius 3 is 2.70 bits per heavy atom. The second kappa shape index (κ2) is 7.52. The summed E-state index contributed by atoms with van der Waals surface area (Å²) in [7, 11) is 0. The van der Waals surface area contributed by atoms with Gasteiger partial charge >= 0.3 is 0 Å². The van der Waals surface area contributed by atoms with Crippen LogP contribution in [-0.2, 0) is 5.41 Å². The number of ether oxygens (including phenoxy) is 1. The number of hydrogen-bond acceptors (Lipinski definition) is 3. The Kier molecular flexibility index (Phi) is 4.70. The molecule has 1 aliphatic rings. The molecular weight excluding hydrogens is 370 g/mol. The van der Waals surface area contributed by atoms with Crippen molar-refractivity contribution in [3.05, 3.63) is 84.8 Å². The number of pyridine rings is 1. The summed E-state index contributed by atoms with van der Waals surface area (Å²) in [6, 6.07) is 21.3. The van der Waals surface area contributed by atoms with Crippen molar-refractivity contribution in [2.75, 3.05) is 24.6 Å². The van der Waals surface area contributed by atoms with Gasteiger partial charge in [0.2, 0.25) is 0 Å². The van der Waals surface area contributed by atoms with Gasteiger partial charge in [-0.05, 0) is 59.9 Å². The van der Waals surface area contributed by atoms with Gasteiger partial charge in [0.1, 0.15) is 12.4 Å². The summed E-state index contributed by atoms with van der Waals surface area (Å²) < 4.78 is 8.31. The minimum absolute atomic E-state index is 0.237. The minimum atomic E-state index is 0.237. The molecule has 0 radical (unpaired) electrons. The molecular formula is C26H27N3O. The highest BCUT2D eigenvalue weighted by Gasteiger charge is 2.30. The summed E-state index contributed by atoms with van der Waals surface area (Å²) in [6.45, 7) is 7.32. The quantitative estimate of drug-likeness (QED) is 0.440. The Balaban J connectivity index is 1.28. The molecule has 0 aliphatic carbocycles. The lowest BCUT2D eigenvalue weighted by Gasteiger charge is -2.40. The van der Waals surface area contributed by atoms with Crippen LogP contribution in [0.25, 0.3) is 16.6 Å². The Morgan fingerprint density at radius 2 is 1.83 bits per heavy atom. The first-order chi connectivity index (χ1) is 14.6. The summed E-state index contributed by atoms with van der Waals surface area (Å²) in [5.74, 6) is 0.917. The number of hydrogen-bond donors (Lipinski definition) is 0. The lowest BCUT2D eigenvalue weighted by molar-refractivity contribution is 0.319. The summed E-state index contributed by atoms with van der Waals surface area (Å²) in [5.41, 5.74) is 5.31. The van der Waals surface area contributed by atoms with Crippen LogP contribution < -0.4 is 9.64 Å². The molecule has 1 aliphatic heterocycles. The molecule has 3 heterocycles. The zero-order chi connectivity index (χ0) is 20.6. The van der Waals surface area contributed by atoms with E-state index in [0.717, 1.165) is 24.5 Å². The Bertz CT molecular complexity index is 1160. The first-order valence-corrected chi connectivity index (χ1v) is 10.6. The average molecular weight is 398 g/mol. The number of fused-ring (bicyclic) bond motifs is 2. The van der Waals surface area contributed by atoms with Gasteiger partial charge in [0.05, 0.1) is 12.1 Å². The summed E-state index contributed by atoms with van der Waals surface area (Å²) in [6.07, 6.45) is 6.89. The van der Waals surface area contributed by atoms with E-state index in [-0.39, 0.29) is 5.41 Å². The molecule has 30 heavy (non-hydrogen) atoms. The lowest BCUT2D eigenvalue weighted by Crippen LogP contribution is -2.39. The van der Waals surface area contributed by atoms with Gasteiger partial charge < -0.3 is 14.2 Å². The molecule has 0 amide bonds. The van der Waals surface area contributed by atoms with Crippen LogP contribution in [0.15, 0.2) is 79.3 Å². The van der Waals surface area contributed by atoms with Crippen molar-refractivity contribution in [1.82, 2.24) is 9.55 Å². The lowest BCUT2D eigenvalue weighted by atomic mass is 9.78. The van der Waals surface area contributed by atoms with E-state index >= 15 is 0 Å². The van der Waals surface area contributed by atoms with E-state index in [9.17, 15) is 0 Å². The number of anilines is 1. The Hall–Kier alpha value is -3.27. The fourth-order valence-electron chi connectivity index (χ4n) is 4.44. The summed E-state index contributed by atoms with van der Waals surface area (Å²) in [4.78, 5) is 6.56. The molecule has 0 atom stereocenters. The van der Waals surface area contributed by atoms with Crippen molar-refractivity contribution < 1.29 is 4.74 Å². The number of benzene rings is 2. The van der Waals surface area contributed by atoms with Crippen LogP contribution in [0.2, 0.25) is 0 Å². The monoisotopic (exact) mass is 397 g/mol. The summed E-state index contributed by atoms with van der Waals surface area (Å²) in [5, 5.41) is 1.18. The second-order valence-electron chi connectivity index (χ2n) is 8.60. The van der Waals surface area contributed by atoms with Gasteiger partial charge in [-0.3, -0.25) is 4.98 Å². The molecule has 0 unspecified atom stereocenters. The molecule has 0 N–H and O–H groups in total. The van der Waals surface area contributed by atoms with Crippen molar-refractivity contribution in [3.63, 3.8) is 0 Å². The molecule has 5 rings (SSSR count). The highest BCUT2D eigenvalue weighted by atomic mass is 16.5. The zero-order valence-corrected chi connectivity index (χ0v) is 17.6. The Labute approximate surface area is 177 Å². The summed E-state index contributed by atoms with van der Waals surface area (Å²) >= 11 is 0. The maximum absolute atomic E-state index is 6.14. The van der Waals surface area contributed by atoms with E-state index in [4.69, 9.17) is 4.74 Å². The molecule has 0 bridgehead atoms. The molecule has 4 heteroatoms. The fraction of sp³-hybridized carbons (Fsp3) is 0.269. The van der Waals surface area contributed by atoms with Crippen molar-refractivity contribution >= 4 is 16.6 Å². The molecule has 2 aromatic heterocycles. The van der Waals surface area contributed by atoms with Crippen LogP contribution in [0.3, 0.4) is 0 Å². The van der Waals surface area contributed by atoms with Crippen molar-refractivity contribution in [1.29, 1.82) is 0 Å². The number of para-hydroxylation sites is 1. The van der Waals surface area contributed by atoms with E-state index in [2.05, 4.69) is 83.0 Å². The number of rotatable bonds is 5. The van der Waals surface area contributed by atoms with Crippen LogP contribution in [0.4, 0.5) is 5.69 Å². The topological polar surface area (TPSA) is 30.3 Å². The predicted molar refractivity (Wildman–Crippen MR) is 123 cm³/mol. The van der Waals surface area contributed by atoms with E-state index in [0.29, 0.717) is 6.61 Å². The SMILES string of the molecule is CC1(C)CCN(CCOc2ccc3c(ccn3-c3ccncc3)c2)c2ccccc21. The standard InChI is InChI=1S/C26H27N3O/c1-26(2)12-16-28(25-6-4-3-5-23(25)26)17-18-30-22-7-8-24-20(19-22)11-15-29(24)21-9-13-27-14-10-21/h3-11,13-15,19H,12,16-18H2,1-2H3. The molecule has 4 nitrogen and oxygen atoms in total. The van der Waals surface area contributed by atoms with Crippen LogP contribution in [0, 0.1) is 0 Å². The van der Waals surface area contributed by atoms with Crippen molar-refractivity contribution in [2.24, 2.45) is 0 Å².